The number of rotatable bonds is 5. The normalized spacial score (nSPS) is 11.8. The molecule has 0 fully saturated rings. The monoisotopic (exact) mass is 283 g/mol. The van der Waals surface area contributed by atoms with Crippen molar-refractivity contribution in [1.82, 2.24) is 0 Å². The highest BCUT2D eigenvalue weighted by molar-refractivity contribution is 5.79. The van der Waals surface area contributed by atoms with E-state index in [1.807, 2.05) is 69.3 Å². The lowest BCUT2D eigenvalue weighted by Crippen LogP contribution is -2.28. The molecule has 2 rings (SSSR count). The van der Waals surface area contributed by atoms with E-state index in [4.69, 9.17) is 4.74 Å². The molecule has 0 radical (unpaired) electrons. The van der Waals surface area contributed by atoms with Gasteiger partial charge in [-0.25, -0.2) is 4.79 Å². The zero-order valence-corrected chi connectivity index (χ0v) is 12.7. The average molecular weight is 283 g/mol. The Balaban J connectivity index is 1.94. The van der Waals surface area contributed by atoms with Crippen molar-refractivity contribution in [2.24, 2.45) is 0 Å². The number of nitrogens with one attached hydrogen (secondary N) is 1. The summed E-state index contributed by atoms with van der Waals surface area (Å²) < 4.78 is 5.34. The predicted molar refractivity (Wildman–Crippen MR) is 85.2 cm³/mol. The van der Waals surface area contributed by atoms with Crippen LogP contribution in [0.5, 0.6) is 0 Å². The van der Waals surface area contributed by atoms with Gasteiger partial charge in [0.2, 0.25) is 0 Å². The number of ether oxygens (including phenoxy) is 1. The van der Waals surface area contributed by atoms with Crippen LogP contribution >= 0.6 is 0 Å². The molecule has 2 aromatic rings. The molecule has 3 heteroatoms. The summed E-state index contributed by atoms with van der Waals surface area (Å²) in [6.07, 6.45) is 0. The molecule has 0 amide bonds. The fourth-order valence-electron chi connectivity index (χ4n) is 2.17. The highest BCUT2D eigenvalue weighted by Crippen LogP contribution is 2.20. The van der Waals surface area contributed by atoms with Gasteiger partial charge in [0.05, 0.1) is 0 Å². The molecule has 0 spiro atoms. The number of aryl methyl sites for hydroxylation is 2. The molecule has 3 nitrogen and oxygen atoms in total. The van der Waals surface area contributed by atoms with Gasteiger partial charge in [0.1, 0.15) is 12.6 Å². The van der Waals surface area contributed by atoms with Gasteiger partial charge < -0.3 is 10.1 Å². The Bertz CT molecular complexity index is 588. The molecule has 0 heterocycles. The van der Waals surface area contributed by atoms with Crippen molar-refractivity contribution in [3.05, 3.63) is 65.2 Å². The Hall–Kier alpha value is -2.29. The maximum Gasteiger partial charge on any atom is 0.328 e. The van der Waals surface area contributed by atoms with E-state index in [-0.39, 0.29) is 12.0 Å². The Morgan fingerprint density at radius 2 is 1.67 bits per heavy atom. The number of hydrogen-bond acceptors (Lipinski definition) is 3. The molecular weight excluding hydrogens is 262 g/mol. The molecule has 0 aliphatic carbocycles. The number of carbonyl (C=O) groups excluding carboxylic acids is 1. The van der Waals surface area contributed by atoms with Gasteiger partial charge in [0.15, 0.2) is 0 Å². The minimum atomic E-state index is -0.381. The lowest BCUT2D eigenvalue weighted by Gasteiger charge is -2.18. The molecule has 0 aliphatic rings. The van der Waals surface area contributed by atoms with Crippen molar-refractivity contribution in [2.75, 3.05) is 5.32 Å². The average Bonchev–Trinajstić information content (AvgIpc) is 2.49. The molecule has 2 aromatic carbocycles. The molecule has 0 aromatic heterocycles. The fraction of sp³-hybridized carbons (Fsp3) is 0.278. The van der Waals surface area contributed by atoms with Gasteiger partial charge in [-0.2, -0.15) is 0 Å². The second-order valence-corrected chi connectivity index (χ2v) is 5.23. The summed E-state index contributed by atoms with van der Waals surface area (Å²) in [5.41, 5.74) is 4.24. The van der Waals surface area contributed by atoms with Gasteiger partial charge in [-0.3, -0.25) is 0 Å². The van der Waals surface area contributed by atoms with Gasteiger partial charge in [0, 0.05) is 5.69 Å². The van der Waals surface area contributed by atoms with Gasteiger partial charge in [0.25, 0.3) is 0 Å². The number of carbonyl (C=O) groups is 1. The number of benzene rings is 2. The van der Waals surface area contributed by atoms with Crippen LogP contribution in [0.2, 0.25) is 0 Å². The van der Waals surface area contributed by atoms with Crippen LogP contribution in [0.15, 0.2) is 48.5 Å². The summed E-state index contributed by atoms with van der Waals surface area (Å²) in [5.74, 6) is -0.249. The van der Waals surface area contributed by atoms with Crippen LogP contribution < -0.4 is 5.32 Å². The lowest BCUT2D eigenvalue weighted by molar-refractivity contribution is -0.145. The third-order valence-corrected chi connectivity index (χ3v) is 3.42. The first-order valence-electron chi connectivity index (χ1n) is 7.11. The van der Waals surface area contributed by atoms with Crippen LogP contribution in [0, 0.1) is 13.8 Å². The number of para-hydroxylation sites is 1. The Labute approximate surface area is 126 Å². The molecule has 1 unspecified atom stereocenters. The summed E-state index contributed by atoms with van der Waals surface area (Å²) in [4.78, 5) is 12.1. The summed E-state index contributed by atoms with van der Waals surface area (Å²) in [6, 6.07) is 15.4. The van der Waals surface area contributed by atoms with Crippen molar-refractivity contribution in [3.63, 3.8) is 0 Å². The third-order valence-electron chi connectivity index (χ3n) is 3.42. The zero-order valence-electron chi connectivity index (χ0n) is 12.7. The number of hydrogen-bond donors (Lipinski definition) is 1. The lowest BCUT2D eigenvalue weighted by atomic mass is 10.1. The molecule has 1 N–H and O–H groups in total. The molecule has 110 valence electrons. The Morgan fingerprint density at radius 3 is 2.29 bits per heavy atom. The van der Waals surface area contributed by atoms with Crippen LogP contribution in [0.4, 0.5) is 5.69 Å². The summed E-state index contributed by atoms with van der Waals surface area (Å²) in [5, 5.41) is 3.24. The first-order chi connectivity index (χ1) is 10.1. The van der Waals surface area contributed by atoms with Gasteiger partial charge in [-0.1, -0.05) is 48.5 Å². The quantitative estimate of drug-likeness (QED) is 0.847. The van der Waals surface area contributed by atoms with Crippen molar-refractivity contribution >= 4 is 11.7 Å². The minimum Gasteiger partial charge on any atom is -0.459 e. The van der Waals surface area contributed by atoms with E-state index >= 15 is 0 Å². The maximum absolute atomic E-state index is 12.1. The highest BCUT2D eigenvalue weighted by atomic mass is 16.5. The first kappa shape index (κ1) is 15.1. The second kappa shape index (κ2) is 6.93. The molecule has 0 saturated heterocycles. The van der Waals surface area contributed by atoms with E-state index in [1.165, 1.54) is 0 Å². The van der Waals surface area contributed by atoms with E-state index in [1.54, 1.807) is 0 Å². The molecule has 0 saturated carbocycles. The van der Waals surface area contributed by atoms with E-state index < -0.39 is 0 Å². The second-order valence-electron chi connectivity index (χ2n) is 5.23. The largest absolute Gasteiger partial charge is 0.459 e. The zero-order chi connectivity index (χ0) is 15.2. The van der Waals surface area contributed by atoms with Crippen molar-refractivity contribution in [1.29, 1.82) is 0 Å². The van der Waals surface area contributed by atoms with Crippen LogP contribution in [-0.4, -0.2) is 12.0 Å². The predicted octanol–water partition coefficient (Wildman–Crippen LogP) is 3.85. The molecule has 21 heavy (non-hydrogen) atoms. The van der Waals surface area contributed by atoms with E-state index in [0.717, 1.165) is 22.4 Å². The van der Waals surface area contributed by atoms with Crippen LogP contribution in [0.1, 0.15) is 23.6 Å². The first-order valence-corrected chi connectivity index (χ1v) is 7.11. The van der Waals surface area contributed by atoms with Crippen LogP contribution in [0.3, 0.4) is 0 Å². The van der Waals surface area contributed by atoms with Gasteiger partial charge in [-0.05, 0) is 37.5 Å². The topological polar surface area (TPSA) is 38.3 Å². The number of anilines is 1. The van der Waals surface area contributed by atoms with E-state index in [9.17, 15) is 4.79 Å². The summed E-state index contributed by atoms with van der Waals surface area (Å²) in [7, 11) is 0. The molecule has 1 atom stereocenters. The van der Waals surface area contributed by atoms with E-state index in [2.05, 4.69) is 5.32 Å². The SMILES string of the molecule is Cc1cccc(C)c1NC(C)C(=O)OCc1ccccc1. The number of esters is 1. The Kier molecular flexibility index (Phi) is 4.99. The van der Waals surface area contributed by atoms with Crippen LogP contribution in [-0.2, 0) is 16.1 Å². The minimum absolute atomic E-state index is 0.249. The van der Waals surface area contributed by atoms with Gasteiger partial charge >= 0.3 is 5.97 Å². The molecular formula is C18H21NO2. The van der Waals surface area contributed by atoms with Crippen LogP contribution in [0.25, 0.3) is 0 Å². The summed E-state index contributed by atoms with van der Waals surface area (Å²) in [6.45, 7) is 6.17. The summed E-state index contributed by atoms with van der Waals surface area (Å²) >= 11 is 0. The Morgan fingerprint density at radius 1 is 1.05 bits per heavy atom. The highest BCUT2D eigenvalue weighted by Gasteiger charge is 2.16. The molecule has 0 aliphatic heterocycles. The third kappa shape index (κ3) is 4.09. The maximum atomic E-state index is 12.1. The van der Waals surface area contributed by atoms with E-state index in [0.29, 0.717) is 6.61 Å². The fourth-order valence-corrected chi connectivity index (χ4v) is 2.17. The van der Waals surface area contributed by atoms with Crippen molar-refractivity contribution in [2.45, 2.75) is 33.4 Å². The molecule has 0 bridgehead atoms. The van der Waals surface area contributed by atoms with Crippen molar-refractivity contribution < 1.29 is 9.53 Å². The van der Waals surface area contributed by atoms with Crippen molar-refractivity contribution in [3.8, 4) is 0 Å². The standard InChI is InChI=1S/C18H21NO2/c1-13-8-7-9-14(2)17(13)19-15(3)18(20)21-12-16-10-5-4-6-11-16/h4-11,15,19H,12H2,1-3H3. The van der Waals surface area contributed by atoms with Gasteiger partial charge in [-0.15, -0.1) is 0 Å². The smallest absolute Gasteiger partial charge is 0.328 e.